The largest absolute Gasteiger partial charge is 0.313 e. The van der Waals surface area contributed by atoms with Gasteiger partial charge < -0.3 is 5.32 Å². The maximum absolute atomic E-state index is 12.8. The van der Waals surface area contributed by atoms with E-state index in [1.165, 1.54) is 52.2 Å². The number of rotatable bonds is 5. The number of hydrogen-bond donors (Lipinski definition) is 1. The molecule has 146 valence electrons. The monoisotopic (exact) mass is 410 g/mol. The van der Waals surface area contributed by atoms with Gasteiger partial charge in [0.15, 0.2) is 0 Å². The zero-order chi connectivity index (χ0) is 19.5. The molecule has 1 aliphatic heterocycles. The van der Waals surface area contributed by atoms with Crippen molar-refractivity contribution in [2.75, 3.05) is 18.4 Å². The highest BCUT2D eigenvalue weighted by Crippen LogP contribution is 2.43. The van der Waals surface area contributed by atoms with Crippen molar-refractivity contribution >= 4 is 33.6 Å². The second kappa shape index (κ2) is 8.60. The molecular formula is C23H26N2OS2. The van der Waals surface area contributed by atoms with Crippen LogP contribution in [0.1, 0.15) is 56.5 Å². The summed E-state index contributed by atoms with van der Waals surface area (Å²) in [5, 5.41) is 6.17. The van der Waals surface area contributed by atoms with Crippen LogP contribution >= 0.6 is 22.7 Å². The first-order valence-electron chi connectivity index (χ1n) is 9.89. The lowest BCUT2D eigenvalue weighted by atomic mass is 9.93. The molecular weight excluding hydrogens is 384 g/mol. The van der Waals surface area contributed by atoms with Gasteiger partial charge in [0.2, 0.25) is 0 Å². The third-order valence-electron chi connectivity index (χ3n) is 5.55. The van der Waals surface area contributed by atoms with E-state index in [2.05, 4.69) is 54.4 Å². The molecule has 0 spiro atoms. The van der Waals surface area contributed by atoms with Crippen LogP contribution in [-0.2, 0) is 0 Å². The Morgan fingerprint density at radius 3 is 2.46 bits per heavy atom. The average molecular weight is 411 g/mol. The summed E-state index contributed by atoms with van der Waals surface area (Å²) in [5.74, 6) is -0.0112. The molecule has 3 heterocycles. The summed E-state index contributed by atoms with van der Waals surface area (Å²) in [4.78, 5) is 17.4. The Kier molecular flexibility index (Phi) is 5.95. The van der Waals surface area contributed by atoms with Crippen LogP contribution < -0.4 is 5.32 Å². The van der Waals surface area contributed by atoms with Crippen molar-refractivity contribution in [1.29, 1.82) is 0 Å². The van der Waals surface area contributed by atoms with Gasteiger partial charge in [-0.25, -0.2) is 0 Å². The minimum atomic E-state index is -0.0112. The molecule has 0 saturated carbocycles. The molecule has 5 heteroatoms. The fourth-order valence-corrected chi connectivity index (χ4v) is 5.72. The van der Waals surface area contributed by atoms with Crippen molar-refractivity contribution in [1.82, 2.24) is 4.90 Å². The first-order valence-corrected chi connectivity index (χ1v) is 11.6. The lowest BCUT2D eigenvalue weighted by molar-refractivity contribution is 0.103. The number of carbonyl (C=O) groups is 1. The van der Waals surface area contributed by atoms with Crippen LogP contribution in [-0.4, -0.2) is 23.9 Å². The van der Waals surface area contributed by atoms with Gasteiger partial charge in [0.1, 0.15) is 5.00 Å². The van der Waals surface area contributed by atoms with Crippen molar-refractivity contribution in [2.24, 2.45) is 0 Å². The summed E-state index contributed by atoms with van der Waals surface area (Å²) in [5.41, 5.74) is 3.86. The SMILES string of the molecule is Cc1sc(NC(=O)c2cccs2)c(C(c2ccccc2)N2CCCCC2)c1C. The molecule has 3 nitrogen and oxygen atoms in total. The Bertz CT molecular complexity index is 925. The van der Waals surface area contributed by atoms with E-state index in [9.17, 15) is 4.79 Å². The van der Waals surface area contributed by atoms with Crippen molar-refractivity contribution in [3.63, 3.8) is 0 Å². The van der Waals surface area contributed by atoms with Crippen molar-refractivity contribution in [2.45, 2.75) is 39.2 Å². The van der Waals surface area contributed by atoms with Crippen LogP contribution in [0.15, 0.2) is 47.8 Å². The zero-order valence-corrected chi connectivity index (χ0v) is 18.0. The average Bonchev–Trinajstić information content (AvgIpc) is 3.35. The van der Waals surface area contributed by atoms with Crippen LogP contribution in [0.4, 0.5) is 5.00 Å². The molecule has 1 atom stereocenters. The highest BCUT2D eigenvalue weighted by molar-refractivity contribution is 7.17. The highest BCUT2D eigenvalue weighted by Gasteiger charge is 2.30. The number of nitrogens with zero attached hydrogens (tertiary/aromatic N) is 1. The number of aryl methyl sites for hydroxylation is 1. The molecule has 1 aromatic carbocycles. The number of likely N-dealkylation sites (tertiary alicyclic amines) is 1. The summed E-state index contributed by atoms with van der Waals surface area (Å²) in [6.07, 6.45) is 3.78. The van der Waals surface area contributed by atoms with Gasteiger partial charge in [-0.15, -0.1) is 22.7 Å². The van der Waals surface area contributed by atoms with E-state index >= 15 is 0 Å². The molecule has 1 amide bonds. The van der Waals surface area contributed by atoms with E-state index in [1.807, 2.05) is 17.5 Å². The van der Waals surface area contributed by atoms with E-state index in [1.54, 1.807) is 11.3 Å². The number of nitrogens with one attached hydrogen (secondary N) is 1. The predicted octanol–water partition coefficient (Wildman–Crippen LogP) is 6.25. The predicted molar refractivity (Wildman–Crippen MR) is 120 cm³/mol. The quantitative estimate of drug-likeness (QED) is 0.539. The van der Waals surface area contributed by atoms with Crippen LogP contribution in [0.5, 0.6) is 0 Å². The number of thiophene rings is 2. The summed E-state index contributed by atoms with van der Waals surface area (Å²) in [7, 11) is 0. The summed E-state index contributed by atoms with van der Waals surface area (Å²) in [6, 6.07) is 14.7. The van der Waals surface area contributed by atoms with Crippen LogP contribution in [0.2, 0.25) is 0 Å². The fraction of sp³-hybridized carbons (Fsp3) is 0.348. The number of amides is 1. The van der Waals surface area contributed by atoms with Crippen LogP contribution in [0.3, 0.4) is 0 Å². The molecule has 1 saturated heterocycles. The molecule has 4 rings (SSSR count). The lowest BCUT2D eigenvalue weighted by Gasteiger charge is -2.36. The van der Waals surface area contributed by atoms with Crippen molar-refractivity contribution < 1.29 is 4.79 Å². The van der Waals surface area contributed by atoms with E-state index in [-0.39, 0.29) is 11.9 Å². The summed E-state index contributed by atoms with van der Waals surface area (Å²) >= 11 is 3.18. The maximum atomic E-state index is 12.8. The molecule has 2 aromatic heterocycles. The second-order valence-electron chi connectivity index (χ2n) is 7.37. The number of hydrogen-bond acceptors (Lipinski definition) is 4. The molecule has 1 N–H and O–H groups in total. The molecule has 3 aromatic rings. The highest BCUT2D eigenvalue weighted by atomic mass is 32.1. The first kappa shape index (κ1) is 19.4. The molecule has 0 bridgehead atoms. The first-order chi connectivity index (χ1) is 13.6. The molecule has 28 heavy (non-hydrogen) atoms. The van der Waals surface area contributed by atoms with E-state index in [0.29, 0.717) is 0 Å². The second-order valence-corrected chi connectivity index (χ2v) is 9.54. The molecule has 0 radical (unpaired) electrons. The van der Waals surface area contributed by atoms with Gasteiger partial charge in [0, 0.05) is 10.4 Å². The Labute approximate surface area is 175 Å². The van der Waals surface area contributed by atoms with Crippen LogP contribution in [0, 0.1) is 13.8 Å². The third-order valence-corrected chi connectivity index (χ3v) is 7.56. The Morgan fingerprint density at radius 1 is 1.04 bits per heavy atom. The Balaban J connectivity index is 1.76. The minimum Gasteiger partial charge on any atom is -0.313 e. The smallest absolute Gasteiger partial charge is 0.266 e. The van der Waals surface area contributed by atoms with Gasteiger partial charge in [0.05, 0.1) is 10.9 Å². The van der Waals surface area contributed by atoms with Gasteiger partial charge in [-0.1, -0.05) is 42.8 Å². The van der Waals surface area contributed by atoms with Gasteiger partial charge in [-0.05, 0) is 62.4 Å². The number of piperidine rings is 1. The Hall–Kier alpha value is -1.95. The number of carbonyl (C=O) groups excluding carboxylic acids is 1. The van der Waals surface area contributed by atoms with Gasteiger partial charge >= 0.3 is 0 Å². The molecule has 1 unspecified atom stereocenters. The topological polar surface area (TPSA) is 32.3 Å². The zero-order valence-electron chi connectivity index (χ0n) is 16.4. The third kappa shape index (κ3) is 3.93. The van der Waals surface area contributed by atoms with Crippen molar-refractivity contribution in [3.8, 4) is 0 Å². The van der Waals surface area contributed by atoms with E-state index in [4.69, 9.17) is 0 Å². The van der Waals surface area contributed by atoms with Gasteiger partial charge in [0.25, 0.3) is 5.91 Å². The number of anilines is 1. The lowest BCUT2D eigenvalue weighted by Crippen LogP contribution is -2.35. The van der Waals surface area contributed by atoms with Gasteiger partial charge in [-0.3, -0.25) is 9.69 Å². The molecule has 1 fully saturated rings. The van der Waals surface area contributed by atoms with Crippen LogP contribution in [0.25, 0.3) is 0 Å². The summed E-state index contributed by atoms with van der Waals surface area (Å²) < 4.78 is 0. The molecule has 0 aliphatic carbocycles. The minimum absolute atomic E-state index is 0.0112. The summed E-state index contributed by atoms with van der Waals surface area (Å²) in [6.45, 7) is 6.56. The standard InChI is InChI=1S/C23H26N2OS2/c1-16-17(2)28-23(24-22(26)19-12-9-15-27-19)20(16)21(18-10-5-3-6-11-18)25-13-7-4-8-14-25/h3,5-6,9-12,15,21H,4,7-8,13-14H2,1-2H3,(H,24,26). The van der Waals surface area contributed by atoms with E-state index < -0.39 is 0 Å². The Morgan fingerprint density at radius 2 is 1.79 bits per heavy atom. The fourth-order valence-electron chi connectivity index (χ4n) is 4.01. The maximum Gasteiger partial charge on any atom is 0.266 e. The van der Waals surface area contributed by atoms with Crippen molar-refractivity contribution in [3.05, 3.63) is 74.3 Å². The number of benzene rings is 1. The normalized spacial score (nSPS) is 16.1. The van der Waals surface area contributed by atoms with E-state index in [0.717, 1.165) is 23.0 Å². The molecule has 1 aliphatic rings. The van der Waals surface area contributed by atoms with Gasteiger partial charge in [-0.2, -0.15) is 0 Å².